The van der Waals surface area contributed by atoms with Gasteiger partial charge in [0.2, 0.25) is 5.91 Å². The molecule has 1 heterocycles. The van der Waals surface area contributed by atoms with Crippen molar-refractivity contribution in [3.8, 4) is 0 Å². The van der Waals surface area contributed by atoms with Crippen LogP contribution in [0, 0.1) is 20.8 Å². The van der Waals surface area contributed by atoms with Crippen molar-refractivity contribution in [2.45, 2.75) is 52.4 Å². The molecule has 0 radical (unpaired) electrons. The summed E-state index contributed by atoms with van der Waals surface area (Å²) in [7, 11) is 0. The maximum absolute atomic E-state index is 12.7. The van der Waals surface area contributed by atoms with Crippen molar-refractivity contribution in [1.82, 2.24) is 20.1 Å². The highest BCUT2D eigenvalue weighted by Gasteiger charge is 2.20. The largest absolute Gasteiger partial charge is 0.342 e. The Labute approximate surface area is 193 Å². The van der Waals surface area contributed by atoms with Gasteiger partial charge in [0.25, 0.3) is 5.91 Å². The number of thioether (sulfide) groups is 1. The van der Waals surface area contributed by atoms with E-state index in [1.165, 1.54) is 11.8 Å². The number of hydrogen-bond donors (Lipinski definition) is 2. The molecule has 168 valence electrons. The van der Waals surface area contributed by atoms with Gasteiger partial charge in [-0.3, -0.25) is 9.59 Å². The van der Waals surface area contributed by atoms with Gasteiger partial charge in [0.1, 0.15) is 0 Å². The van der Waals surface area contributed by atoms with Crippen LogP contribution in [-0.4, -0.2) is 32.3 Å². The maximum Gasteiger partial charge on any atom is 0.252 e. The molecular formula is C24H29N5O2S. The number of aryl methyl sites for hydroxylation is 3. The SMILES string of the molecule is CCn1c(SCC(=O)Nc2ccc(C)cc2C)nnc1[C@H](C)NC(=O)c1ccccc1C. The second-order valence-corrected chi connectivity index (χ2v) is 8.69. The summed E-state index contributed by atoms with van der Waals surface area (Å²) < 4.78 is 1.93. The third-order valence-corrected chi connectivity index (χ3v) is 6.14. The molecule has 0 fully saturated rings. The van der Waals surface area contributed by atoms with Gasteiger partial charge >= 0.3 is 0 Å². The van der Waals surface area contributed by atoms with Gasteiger partial charge in [-0.1, -0.05) is 47.7 Å². The number of carbonyl (C=O) groups excluding carboxylic acids is 2. The number of benzene rings is 2. The Morgan fingerprint density at radius 3 is 2.50 bits per heavy atom. The lowest BCUT2D eigenvalue weighted by Gasteiger charge is -2.16. The first-order chi connectivity index (χ1) is 15.3. The van der Waals surface area contributed by atoms with Crippen molar-refractivity contribution in [1.29, 1.82) is 0 Å². The average molecular weight is 452 g/mol. The topological polar surface area (TPSA) is 88.9 Å². The van der Waals surface area contributed by atoms with Crippen LogP contribution < -0.4 is 10.6 Å². The Kier molecular flexibility index (Phi) is 7.69. The molecule has 32 heavy (non-hydrogen) atoms. The second kappa shape index (κ2) is 10.5. The van der Waals surface area contributed by atoms with Gasteiger partial charge < -0.3 is 15.2 Å². The summed E-state index contributed by atoms with van der Waals surface area (Å²) in [6.07, 6.45) is 0. The number of nitrogens with one attached hydrogen (secondary N) is 2. The van der Waals surface area contributed by atoms with Gasteiger partial charge in [-0.25, -0.2) is 0 Å². The van der Waals surface area contributed by atoms with Gasteiger partial charge in [-0.2, -0.15) is 0 Å². The van der Waals surface area contributed by atoms with Crippen LogP contribution in [0.2, 0.25) is 0 Å². The van der Waals surface area contributed by atoms with Crippen molar-refractivity contribution in [2.75, 3.05) is 11.1 Å². The number of amides is 2. The predicted molar refractivity (Wildman–Crippen MR) is 128 cm³/mol. The molecular weight excluding hydrogens is 422 g/mol. The summed E-state index contributed by atoms with van der Waals surface area (Å²) in [6.45, 7) is 10.4. The molecule has 1 atom stereocenters. The first-order valence-corrected chi connectivity index (χ1v) is 11.6. The first-order valence-electron chi connectivity index (χ1n) is 10.6. The fourth-order valence-electron chi connectivity index (χ4n) is 3.46. The highest BCUT2D eigenvalue weighted by Crippen LogP contribution is 2.22. The van der Waals surface area contributed by atoms with E-state index in [2.05, 4.69) is 20.8 Å². The van der Waals surface area contributed by atoms with E-state index in [4.69, 9.17) is 0 Å². The number of carbonyl (C=O) groups is 2. The van der Waals surface area contributed by atoms with E-state index in [1.54, 1.807) is 6.07 Å². The fourth-order valence-corrected chi connectivity index (χ4v) is 4.27. The van der Waals surface area contributed by atoms with Crippen LogP contribution in [0.25, 0.3) is 0 Å². The Bertz CT molecular complexity index is 1130. The summed E-state index contributed by atoms with van der Waals surface area (Å²) in [5.74, 6) is 0.625. The van der Waals surface area contributed by atoms with Gasteiger partial charge in [-0.05, 0) is 57.9 Å². The van der Waals surface area contributed by atoms with E-state index >= 15 is 0 Å². The predicted octanol–water partition coefficient (Wildman–Crippen LogP) is 4.45. The average Bonchev–Trinajstić information content (AvgIpc) is 3.17. The highest BCUT2D eigenvalue weighted by atomic mass is 32.2. The molecule has 0 unspecified atom stereocenters. The lowest BCUT2D eigenvalue weighted by Crippen LogP contribution is -2.29. The Hall–Kier alpha value is -3.13. The monoisotopic (exact) mass is 451 g/mol. The molecule has 0 aliphatic carbocycles. The molecule has 2 N–H and O–H groups in total. The van der Waals surface area contributed by atoms with Crippen LogP contribution in [0.5, 0.6) is 0 Å². The zero-order valence-electron chi connectivity index (χ0n) is 19.1. The normalized spacial score (nSPS) is 11.8. The van der Waals surface area contributed by atoms with E-state index in [1.807, 2.05) is 75.6 Å². The molecule has 0 saturated heterocycles. The van der Waals surface area contributed by atoms with Crippen molar-refractivity contribution in [3.63, 3.8) is 0 Å². The summed E-state index contributed by atoms with van der Waals surface area (Å²) in [6, 6.07) is 13.1. The first kappa shape index (κ1) is 23.5. The van der Waals surface area contributed by atoms with Gasteiger partial charge in [-0.15, -0.1) is 10.2 Å². The maximum atomic E-state index is 12.7. The van der Waals surface area contributed by atoms with E-state index in [9.17, 15) is 9.59 Å². The summed E-state index contributed by atoms with van der Waals surface area (Å²) in [5.41, 5.74) is 4.55. The van der Waals surface area contributed by atoms with Crippen LogP contribution in [0.15, 0.2) is 47.6 Å². The number of aromatic nitrogens is 3. The van der Waals surface area contributed by atoms with Crippen LogP contribution in [0.1, 0.15) is 52.8 Å². The van der Waals surface area contributed by atoms with E-state index in [-0.39, 0.29) is 23.6 Å². The molecule has 1 aromatic heterocycles. The zero-order chi connectivity index (χ0) is 23.3. The van der Waals surface area contributed by atoms with E-state index < -0.39 is 0 Å². The molecule has 7 nitrogen and oxygen atoms in total. The van der Waals surface area contributed by atoms with Crippen LogP contribution >= 0.6 is 11.8 Å². The summed E-state index contributed by atoms with van der Waals surface area (Å²) in [4.78, 5) is 25.1. The Morgan fingerprint density at radius 2 is 1.81 bits per heavy atom. The molecule has 0 bridgehead atoms. The van der Waals surface area contributed by atoms with E-state index in [0.717, 1.165) is 22.4 Å². The molecule has 3 rings (SSSR count). The molecule has 0 saturated carbocycles. The number of hydrogen-bond acceptors (Lipinski definition) is 5. The third-order valence-electron chi connectivity index (χ3n) is 5.17. The lowest BCUT2D eigenvalue weighted by molar-refractivity contribution is -0.113. The second-order valence-electron chi connectivity index (χ2n) is 7.75. The number of nitrogens with zero attached hydrogens (tertiary/aromatic N) is 3. The third kappa shape index (κ3) is 5.56. The molecule has 0 aliphatic rings. The number of anilines is 1. The zero-order valence-corrected chi connectivity index (χ0v) is 19.9. The summed E-state index contributed by atoms with van der Waals surface area (Å²) >= 11 is 1.33. The Morgan fingerprint density at radius 1 is 1.06 bits per heavy atom. The fraction of sp³-hybridized carbons (Fsp3) is 0.333. The molecule has 0 aliphatic heterocycles. The minimum atomic E-state index is -0.326. The quantitative estimate of drug-likeness (QED) is 0.494. The van der Waals surface area contributed by atoms with Gasteiger partial charge in [0.05, 0.1) is 11.8 Å². The van der Waals surface area contributed by atoms with Crippen LogP contribution in [0.4, 0.5) is 5.69 Å². The minimum absolute atomic E-state index is 0.102. The lowest BCUT2D eigenvalue weighted by atomic mass is 10.1. The Balaban J connectivity index is 1.64. The van der Waals surface area contributed by atoms with Gasteiger partial charge in [0.15, 0.2) is 11.0 Å². The smallest absolute Gasteiger partial charge is 0.252 e. The van der Waals surface area contributed by atoms with Crippen molar-refractivity contribution in [3.05, 3.63) is 70.5 Å². The standard InChI is InChI=1S/C24H29N5O2S/c1-6-29-22(18(5)25-23(31)19-10-8-7-9-16(19)3)27-28-24(29)32-14-21(30)26-20-12-11-15(2)13-17(20)4/h7-13,18H,6,14H2,1-5H3,(H,25,31)(H,26,30)/t18-/m0/s1. The van der Waals surface area contributed by atoms with Gasteiger partial charge in [0, 0.05) is 17.8 Å². The number of rotatable bonds is 8. The molecule has 2 amide bonds. The molecule has 3 aromatic rings. The van der Waals surface area contributed by atoms with Crippen molar-refractivity contribution in [2.24, 2.45) is 0 Å². The molecule has 0 spiro atoms. The van der Waals surface area contributed by atoms with Crippen LogP contribution in [0.3, 0.4) is 0 Å². The van der Waals surface area contributed by atoms with Crippen molar-refractivity contribution >= 4 is 29.3 Å². The molecule has 2 aromatic carbocycles. The molecule has 8 heteroatoms. The van der Waals surface area contributed by atoms with E-state index in [0.29, 0.717) is 23.1 Å². The minimum Gasteiger partial charge on any atom is -0.342 e. The summed E-state index contributed by atoms with van der Waals surface area (Å²) in [5, 5.41) is 15.1. The highest BCUT2D eigenvalue weighted by molar-refractivity contribution is 7.99. The van der Waals surface area contributed by atoms with Crippen molar-refractivity contribution < 1.29 is 9.59 Å². The van der Waals surface area contributed by atoms with Crippen LogP contribution in [-0.2, 0) is 11.3 Å².